The normalized spacial score (nSPS) is 38.0. The highest BCUT2D eigenvalue weighted by Gasteiger charge is 2.65. The van der Waals surface area contributed by atoms with E-state index in [1.165, 1.54) is 25.6 Å². The number of nitrogens with zero attached hydrogens (tertiary/aromatic N) is 3. The lowest BCUT2D eigenvalue weighted by Crippen LogP contribution is -2.15. The third-order valence-electron chi connectivity index (χ3n) is 5.07. The summed E-state index contributed by atoms with van der Waals surface area (Å²) in [6, 6.07) is 0.347. The van der Waals surface area contributed by atoms with Gasteiger partial charge in [-0.05, 0) is 42.9 Å². The molecule has 1 aromatic heterocycles. The first-order valence-electron chi connectivity index (χ1n) is 6.68. The molecule has 3 aliphatic rings. The molecule has 100 valence electrons. The second kappa shape index (κ2) is 3.55. The third-order valence-corrected chi connectivity index (χ3v) is 5.07. The van der Waals surface area contributed by atoms with Gasteiger partial charge in [-0.1, -0.05) is 0 Å². The van der Waals surface area contributed by atoms with Crippen LogP contribution in [-0.4, -0.2) is 20.9 Å². The summed E-state index contributed by atoms with van der Waals surface area (Å²) in [7, 11) is 0. The Morgan fingerprint density at radius 2 is 2.00 bits per heavy atom. The first-order chi connectivity index (χ1) is 9.16. The SMILES string of the molecule is Nc1ncnc(NC2C3C4CCC(C4)C23)c1[N+](=O)[O-]. The van der Waals surface area contributed by atoms with E-state index in [9.17, 15) is 10.1 Å². The van der Waals surface area contributed by atoms with Gasteiger partial charge in [-0.2, -0.15) is 0 Å². The largest absolute Gasteiger partial charge is 0.378 e. The highest BCUT2D eigenvalue weighted by Crippen LogP contribution is 2.66. The van der Waals surface area contributed by atoms with E-state index >= 15 is 0 Å². The van der Waals surface area contributed by atoms with Crippen LogP contribution in [0.1, 0.15) is 19.3 Å². The van der Waals surface area contributed by atoms with Crippen LogP contribution in [-0.2, 0) is 0 Å². The van der Waals surface area contributed by atoms with E-state index in [4.69, 9.17) is 5.73 Å². The third kappa shape index (κ3) is 1.44. The molecule has 3 aliphatic carbocycles. The lowest BCUT2D eigenvalue weighted by Gasteiger charge is -2.11. The van der Waals surface area contributed by atoms with Gasteiger partial charge in [0.15, 0.2) is 0 Å². The second-order valence-corrected chi connectivity index (χ2v) is 5.87. The number of nitrogens with two attached hydrogens (primary N) is 1. The van der Waals surface area contributed by atoms with Crippen LogP contribution in [0.5, 0.6) is 0 Å². The molecule has 0 saturated heterocycles. The Morgan fingerprint density at radius 3 is 2.63 bits per heavy atom. The number of rotatable bonds is 3. The molecule has 4 rings (SSSR count). The fourth-order valence-corrected chi connectivity index (χ4v) is 4.35. The minimum Gasteiger partial charge on any atom is -0.378 e. The number of aromatic nitrogens is 2. The van der Waals surface area contributed by atoms with Gasteiger partial charge in [-0.25, -0.2) is 9.97 Å². The van der Waals surface area contributed by atoms with Crippen molar-refractivity contribution in [3.63, 3.8) is 0 Å². The Kier molecular flexibility index (Phi) is 2.05. The van der Waals surface area contributed by atoms with Crippen molar-refractivity contribution < 1.29 is 4.92 Å². The van der Waals surface area contributed by atoms with Gasteiger partial charge in [0.25, 0.3) is 0 Å². The molecular formula is C12H15N5O2. The second-order valence-electron chi connectivity index (χ2n) is 5.87. The Bertz CT molecular complexity index is 547. The Balaban J connectivity index is 1.59. The monoisotopic (exact) mass is 261 g/mol. The zero-order valence-electron chi connectivity index (χ0n) is 10.3. The van der Waals surface area contributed by atoms with Crippen LogP contribution in [0.4, 0.5) is 17.3 Å². The number of nitrogens with one attached hydrogen (secondary N) is 1. The maximum absolute atomic E-state index is 11.0. The van der Waals surface area contributed by atoms with E-state index in [0.29, 0.717) is 17.9 Å². The predicted octanol–water partition coefficient (Wildman–Crippen LogP) is 1.42. The molecule has 3 N–H and O–H groups in total. The van der Waals surface area contributed by atoms with E-state index in [2.05, 4.69) is 15.3 Å². The highest BCUT2D eigenvalue weighted by atomic mass is 16.6. The van der Waals surface area contributed by atoms with Crippen LogP contribution in [0.2, 0.25) is 0 Å². The van der Waals surface area contributed by atoms with Crippen LogP contribution in [0.3, 0.4) is 0 Å². The summed E-state index contributed by atoms with van der Waals surface area (Å²) in [4.78, 5) is 18.2. The average molecular weight is 261 g/mol. The van der Waals surface area contributed by atoms with Crippen molar-refractivity contribution in [1.82, 2.24) is 9.97 Å². The van der Waals surface area contributed by atoms with Crippen molar-refractivity contribution in [1.29, 1.82) is 0 Å². The number of hydrogen-bond donors (Lipinski definition) is 2. The van der Waals surface area contributed by atoms with Crippen molar-refractivity contribution in [2.75, 3.05) is 11.1 Å². The van der Waals surface area contributed by atoms with Gasteiger partial charge in [0.1, 0.15) is 6.33 Å². The lowest BCUT2D eigenvalue weighted by molar-refractivity contribution is -0.383. The lowest BCUT2D eigenvalue weighted by atomic mass is 10.0. The Hall–Kier alpha value is -1.92. The molecule has 0 amide bonds. The van der Waals surface area contributed by atoms with Gasteiger partial charge in [0.2, 0.25) is 11.6 Å². The molecule has 0 aromatic carbocycles. The zero-order valence-corrected chi connectivity index (χ0v) is 10.3. The first kappa shape index (κ1) is 11.0. The van der Waals surface area contributed by atoms with Gasteiger partial charge < -0.3 is 11.1 Å². The van der Waals surface area contributed by atoms with Gasteiger partial charge in [-0.15, -0.1) is 0 Å². The van der Waals surface area contributed by atoms with Crippen molar-refractivity contribution in [3.8, 4) is 0 Å². The molecule has 0 radical (unpaired) electrons. The van der Waals surface area contributed by atoms with Crippen molar-refractivity contribution in [2.45, 2.75) is 25.3 Å². The number of hydrogen-bond acceptors (Lipinski definition) is 6. The van der Waals surface area contributed by atoms with Crippen LogP contribution in [0, 0.1) is 33.8 Å². The Morgan fingerprint density at radius 1 is 1.32 bits per heavy atom. The number of anilines is 2. The summed E-state index contributed by atoms with van der Waals surface area (Å²) in [6.45, 7) is 0. The van der Waals surface area contributed by atoms with E-state index in [1.54, 1.807) is 0 Å². The summed E-state index contributed by atoms with van der Waals surface area (Å²) >= 11 is 0. The van der Waals surface area contributed by atoms with Crippen LogP contribution in [0.15, 0.2) is 6.33 Å². The van der Waals surface area contributed by atoms with Crippen molar-refractivity contribution in [3.05, 3.63) is 16.4 Å². The number of fused-ring (bicyclic) bond motifs is 5. The molecule has 1 aromatic rings. The molecule has 4 atom stereocenters. The summed E-state index contributed by atoms with van der Waals surface area (Å²) in [6.07, 6.45) is 5.26. The summed E-state index contributed by atoms with van der Waals surface area (Å²) in [5.41, 5.74) is 5.37. The van der Waals surface area contributed by atoms with Crippen LogP contribution < -0.4 is 11.1 Å². The molecule has 1 heterocycles. The van der Waals surface area contributed by atoms with E-state index in [0.717, 1.165) is 11.8 Å². The molecule has 0 aliphatic heterocycles. The fraction of sp³-hybridized carbons (Fsp3) is 0.667. The minimum atomic E-state index is -0.509. The van der Waals surface area contributed by atoms with E-state index in [-0.39, 0.29) is 17.3 Å². The first-order valence-corrected chi connectivity index (χ1v) is 6.68. The Labute approximate surface area is 109 Å². The molecule has 2 bridgehead atoms. The average Bonchev–Trinajstić information content (AvgIpc) is 2.78. The van der Waals surface area contributed by atoms with E-state index < -0.39 is 4.92 Å². The molecule has 4 unspecified atom stereocenters. The molecule has 7 nitrogen and oxygen atoms in total. The van der Waals surface area contributed by atoms with Crippen molar-refractivity contribution in [2.24, 2.45) is 23.7 Å². The highest BCUT2D eigenvalue weighted by molar-refractivity contribution is 5.68. The molecule has 0 spiro atoms. The van der Waals surface area contributed by atoms with E-state index in [1.807, 2.05) is 0 Å². The summed E-state index contributed by atoms with van der Waals surface area (Å²) in [5, 5.41) is 14.3. The topological polar surface area (TPSA) is 107 Å². The molecule has 3 saturated carbocycles. The fourth-order valence-electron chi connectivity index (χ4n) is 4.35. The predicted molar refractivity (Wildman–Crippen MR) is 68.3 cm³/mol. The molecule has 7 heteroatoms. The maximum Gasteiger partial charge on any atom is 0.352 e. The van der Waals surface area contributed by atoms with Gasteiger partial charge >= 0.3 is 5.69 Å². The zero-order chi connectivity index (χ0) is 13.1. The molecule has 3 fully saturated rings. The van der Waals surface area contributed by atoms with Crippen LogP contribution in [0.25, 0.3) is 0 Å². The van der Waals surface area contributed by atoms with Gasteiger partial charge in [0, 0.05) is 6.04 Å². The van der Waals surface area contributed by atoms with Gasteiger partial charge in [-0.3, -0.25) is 10.1 Å². The molecule has 19 heavy (non-hydrogen) atoms. The minimum absolute atomic E-state index is 0.0729. The van der Waals surface area contributed by atoms with Crippen molar-refractivity contribution >= 4 is 17.3 Å². The smallest absolute Gasteiger partial charge is 0.352 e. The molecular weight excluding hydrogens is 246 g/mol. The summed E-state index contributed by atoms with van der Waals surface area (Å²) < 4.78 is 0. The van der Waals surface area contributed by atoms with Gasteiger partial charge in [0.05, 0.1) is 4.92 Å². The number of nitro groups is 1. The van der Waals surface area contributed by atoms with Crippen LogP contribution >= 0.6 is 0 Å². The summed E-state index contributed by atoms with van der Waals surface area (Å²) in [5.74, 6) is 3.20. The quantitative estimate of drug-likeness (QED) is 0.629. The standard InChI is InChI=1S/C12H15N5O2/c13-11-10(17(18)19)12(15-4-14-11)16-9-7-5-1-2-6(3-5)8(7)9/h4-9H,1-3H2,(H3,13,14,15,16). The number of nitrogen functional groups attached to an aromatic ring is 1. The maximum atomic E-state index is 11.0.